The van der Waals surface area contributed by atoms with Crippen LogP contribution in [0.15, 0.2) is 48.5 Å². The van der Waals surface area contributed by atoms with Gasteiger partial charge in [0.25, 0.3) is 5.91 Å². The minimum atomic E-state index is -0.329. The number of carbonyl (C=O) groups is 2. The fourth-order valence-corrected chi connectivity index (χ4v) is 3.96. The van der Waals surface area contributed by atoms with Gasteiger partial charge in [0.1, 0.15) is 0 Å². The molecule has 1 aliphatic heterocycles. The van der Waals surface area contributed by atoms with Crippen LogP contribution in [0, 0.1) is 5.92 Å². The average molecular weight is 383 g/mol. The van der Waals surface area contributed by atoms with Gasteiger partial charge in [-0.3, -0.25) is 9.59 Å². The van der Waals surface area contributed by atoms with Crippen molar-refractivity contribution < 1.29 is 9.59 Å². The zero-order valence-corrected chi connectivity index (χ0v) is 16.2. The fraction of sp³-hybridized carbons (Fsp3) is 0.364. The van der Waals surface area contributed by atoms with E-state index >= 15 is 0 Å². The summed E-state index contributed by atoms with van der Waals surface area (Å²) < 4.78 is 0. The lowest BCUT2D eigenvalue weighted by Crippen LogP contribution is -2.45. The Kier molecular flexibility index (Phi) is 4.92. The van der Waals surface area contributed by atoms with E-state index in [0.717, 1.165) is 17.7 Å². The Morgan fingerprint density at radius 3 is 2.59 bits per heavy atom. The number of hydrogen-bond acceptors (Lipinski definition) is 2. The van der Waals surface area contributed by atoms with Gasteiger partial charge in [0.05, 0.1) is 5.92 Å². The molecule has 140 valence electrons. The van der Waals surface area contributed by atoms with Crippen LogP contribution in [0.3, 0.4) is 0 Å². The number of benzene rings is 2. The summed E-state index contributed by atoms with van der Waals surface area (Å²) in [6.07, 6.45) is 2.35. The highest BCUT2D eigenvalue weighted by molar-refractivity contribution is 6.31. The third kappa shape index (κ3) is 3.72. The van der Waals surface area contributed by atoms with Crippen LogP contribution >= 0.6 is 11.6 Å². The van der Waals surface area contributed by atoms with Crippen LogP contribution in [0.2, 0.25) is 5.02 Å². The fourth-order valence-electron chi connectivity index (χ4n) is 3.76. The molecular weight excluding hydrogens is 360 g/mol. The predicted molar refractivity (Wildman–Crippen MR) is 106 cm³/mol. The first-order chi connectivity index (χ1) is 13.0. The van der Waals surface area contributed by atoms with E-state index in [1.807, 2.05) is 53.4 Å². The van der Waals surface area contributed by atoms with Gasteiger partial charge in [0, 0.05) is 37.3 Å². The molecule has 0 N–H and O–H groups in total. The molecule has 4 rings (SSSR count). The van der Waals surface area contributed by atoms with Gasteiger partial charge in [0.15, 0.2) is 0 Å². The molecule has 1 fully saturated rings. The van der Waals surface area contributed by atoms with Gasteiger partial charge in [-0.25, -0.2) is 0 Å². The summed E-state index contributed by atoms with van der Waals surface area (Å²) in [4.78, 5) is 29.6. The summed E-state index contributed by atoms with van der Waals surface area (Å²) in [6, 6.07) is 15.2. The standard InChI is InChI=1S/C22H23ClN2O2/c1-24-14-19(17-7-3-4-8-18(17)21(24)26)22(27)25(12-15-10-11-15)13-16-6-2-5-9-20(16)23/h2-9,15,19H,10-14H2,1H3. The molecule has 2 amide bonds. The van der Waals surface area contributed by atoms with Gasteiger partial charge in [-0.2, -0.15) is 0 Å². The van der Waals surface area contributed by atoms with E-state index in [4.69, 9.17) is 11.6 Å². The van der Waals surface area contributed by atoms with Crippen LogP contribution < -0.4 is 0 Å². The number of hydrogen-bond donors (Lipinski definition) is 0. The van der Waals surface area contributed by atoms with Crippen LogP contribution in [0.25, 0.3) is 0 Å². The zero-order chi connectivity index (χ0) is 19.0. The van der Waals surface area contributed by atoms with Crippen molar-refractivity contribution >= 4 is 23.4 Å². The average Bonchev–Trinajstić information content (AvgIpc) is 3.49. The Hall–Kier alpha value is -2.33. The molecule has 4 nitrogen and oxygen atoms in total. The van der Waals surface area contributed by atoms with Crippen molar-refractivity contribution in [2.24, 2.45) is 5.92 Å². The van der Waals surface area contributed by atoms with Gasteiger partial charge < -0.3 is 9.80 Å². The SMILES string of the molecule is CN1CC(C(=O)N(Cc2ccccc2Cl)CC2CC2)c2ccccc2C1=O. The van der Waals surface area contributed by atoms with Crippen molar-refractivity contribution in [2.45, 2.75) is 25.3 Å². The molecule has 0 spiro atoms. The van der Waals surface area contributed by atoms with E-state index in [-0.39, 0.29) is 17.7 Å². The summed E-state index contributed by atoms with van der Waals surface area (Å²) in [5.41, 5.74) is 2.43. The number of halogens is 1. The Balaban J connectivity index is 1.64. The summed E-state index contributed by atoms with van der Waals surface area (Å²) in [7, 11) is 1.76. The van der Waals surface area contributed by atoms with Crippen molar-refractivity contribution in [3.8, 4) is 0 Å². The maximum Gasteiger partial charge on any atom is 0.253 e. The number of amides is 2. The molecule has 5 heteroatoms. The molecule has 1 saturated carbocycles. The summed E-state index contributed by atoms with van der Waals surface area (Å²) in [6.45, 7) is 1.67. The van der Waals surface area contributed by atoms with E-state index in [0.29, 0.717) is 29.6 Å². The quantitative estimate of drug-likeness (QED) is 0.785. The Morgan fingerprint density at radius 2 is 1.85 bits per heavy atom. The van der Waals surface area contributed by atoms with Crippen molar-refractivity contribution in [3.63, 3.8) is 0 Å². The molecule has 1 heterocycles. The van der Waals surface area contributed by atoms with Gasteiger partial charge >= 0.3 is 0 Å². The second-order valence-electron chi connectivity index (χ2n) is 7.58. The van der Waals surface area contributed by atoms with Gasteiger partial charge in [-0.1, -0.05) is 48.0 Å². The Morgan fingerprint density at radius 1 is 1.15 bits per heavy atom. The van der Waals surface area contributed by atoms with Crippen molar-refractivity contribution in [1.82, 2.24) is 9.80 Å². The molecule has 0 aromatic heterocycles. The highest BCUT2D eigenvalue weighted by Gasteiger charge is 2.37. The predicted octanol–water partition coefficient (Wildman–Crippen LogP) is 3.95. The van der Waals surface area contributed by atoms with E-state index in [9.17, 15) is 9.59 Å². The third-order valence-corrected chi connectivity index (χ3v) is 5.84. The number of likely N-dealkylation sites (N-methyl/N-ethyl adjacent to an activating group) is 1. The Labute approximate surface area is 164 Å². The maximum absolute atomic E-state index is 13.5. The molecule has 2 aliphatic rings. The summed E-state index contributed by atoms with van der Waals surface area (Å²) in [5, 5.41) is 0.683. The van der Waals surface area contributed by atoms with E-state index in [1.54, 1.807) is 11.9 Å². The van der Waals surface area contributed by atoms with E-state index < -0.39 is 0 Å². The molecule has 0 radical (unpaired) electrons. The van der Waals surface area contributed by atoms with Crippen LogP contribution in [-0.2, 0) is 11.3 Å². The van der Waals surface area contributed by atoms with Gasteiger partial charge in [-0.15, -0.1) is 0 Å². The summed E-state index contributed by atoms with van der Waals surface area (Å²) in [5.74, 6) is 0.308. The van der Waals surface area contributed by atoms with Crippen LogP contribution in [-0.4, -0.2) is 41.8 Å². The molecule has 1 unspecified atom stereocenters. The maximum atomic E-state index is 13.5. The number of rotatable bonds is 5. The molecule has 2 aromatic carbocycles. The zero-order valence-electron chi connectivity index (χ0n) is 15.4. The lowest BCUT2D eigenvalue weighted by Gasteiger charge is -2.34. The van der Waals surface area contributed by atoms with Gasteiger partial charge in [0.2, 0.25) is 5.91 Å². The largest absolute Gasteiger partial charge is 0.341 e. The molecule has 2 aromatic rings. The molecule has 0 saturated heterocycles. The minimum absolute atomic E-state index is 0.0190. The highest BCUT2D eigenvalue weighted by Crippen LogP contribution is 2.34. The number of fused-ring (bicyclic) bond motifs is 1. The number of nitrogens with zero attached hydrogens (tertiary/aromatic N) is 2. The van der Waals surface area contributed by atoms with E-state index in [2.05, 4.69) is 0 Å². The first-order valence-corrected chi connectivity index (χ1v) is 9.79. The molecular formula is C22H23ClN2O2. The second-order valence-corrected chi connectivity index (χ2v) is 7.99. The van der Waals surface area contributed by atoms with Crippen molar-refractivity contribution in [1.29, 1.82) is 0 Å². The third-order valence-electron chi connectivity index (χ3n) is 5.47. The number of carbonyl (C=O) groups excluding carboxylic acids is 2. The highest BCUT2D eigenvalue weighted by atomic mass is 35.5. The van der Waals surface area contributed by atoms with E-state index in [1.165, 1.54) is 12.8 Å². The van der Waals surface area contributed by atoms with Crippen LogP contribution in [0.4, 0.5) is 0 Å². The summed E-state index contributed by atoms with van der Waals surface area (Å²) >= 11 is 6.34. The smallest absolute Gasteiger partial charge is 0.253 e. The molecule has 0 bridgehead atoms. The van der Waals surface area contributed by atoms with Crippen LogP contribution in [0.1, 0.15) is 40.2 Å². The van der Waals surface area contributed by atoms with Crippen molar-refractivity contribution in [3.05, 3.63) is 70.2 Å². The molecule has 1 atom stereocenters. The van der Waals surface area contributed by atoms with Gasteiger partial charge in [-0.05, 0) is 42.0 Å². The van der Waals surface area contributed by atoms with Crippen molar-refractivity contribution in [2.75, 3.05) is 20.1 Å². The normalized spacial score (nSPS) is 19.0. The lowest BCUT2D eigenvalue weighted by molar-refractivity contribution is -0.134. The monoisotopic (exact) mass is 382 g/mol. The first kappa shape index (κ1) is 18.1. The minimum Gasteiger partial charge on any atom is -0.341 e. The van der Waals surface area contributed by atoms with Crippen LogP contribution in [0.5, 0.6) is 0 Å². The second kappa shape index (κ2) is 7.35. The molecule has 27 heavy (non-hydrogen) atoms. The Bertz CT molecular complexity index is 878. The topological polar surface area (TPSA) is 40.6 Å². The first-order valence-electron chi connectivity index (χ1n) is 9.41. The lowest BCUT2D eigenvalue weighted by atomic mass is 9.88. The molecule has 1 aliphatic carbocycles.